The number of hydrogen-bond acceptors (Lipinski definition) is 1. The first-order valence-corrected chi connectivity index (χ1v) is 4.94. The van der Waals surface area contributed by atoms with Gasteiger partial charge in [-0.1, -0.05) is 12.1 Å². The average Bonchev–Trinajstić information content (AvgIpc) is 2.63. The van der Waals surface area contributed by atoms with Crippen molar-refractivity contribution in [3.8, 4) is 0 Å². The third-order valence-corrected chi connectivity index (χ3v) is 2.87. The Bertz CT molecular complexity index is 557. The van der Waals surface area contributed by atoms with Crippen LogP contribution in [-0.2, 0) is 10.2 Å². The normalized spacial score (nSPS) is 11.9. The van der Waals surface area contributed by atoms with Gasteiger partial charge < -0.3 is 10.1 Å². The second kappa shape index (κ2) is 3.33. The van der Waals surface area contributed by atoms with Crippen molar-refractivity contribution >= 4 is 16.9 Å². The molecule has 0 aliphatic heterocycles. The number of nitrogens with one attached hydrogen (secondary N) is 1. The van der Waals surface area contributed by atoms with Crippen molar-refractivity contribution in [1.82, 2.24) is 4.98 Å². The number of aromatic amines is 1. The number of aliphatic carboxylic acids is 1. The monoisotopic (exact) mass is 221 g/mol. The summed E-state index contributed by atoms with van der Waals surface area (Å²) in [6, 6.07) is 4.64. The van der Waals surface area contributed by atoms with E-state index in [1.165, 1.54) is 6.07 Å². The predicted octanol–water partition coefficient (Wildman–Crippen LogP) is 2.67. The topological polar surface area (TPSA) is 53.1 Å². The molecule has 0 unspecified atom stereocenters. The molecule has 0 atom stereocenters. The van der Waals surface area contributed by atoms with Gasteiger partial charge in [0.1, 0.15) is 5.82 Å². The zero-order valence-corrected chi connectivity index (χ0v) is 9.04. The van der Waals surface area contributed by atoms with Gasteiger partial charge in [-0.2, -0.15) is 0 Å². The van der Waals surface area contributed by atoms with E-state index in [4.69, 9.17) is 5.11 Å². The number of H-pyrrole nitrogens is 1. The van der Waals surface area contributed by atoms with Gasteiger partial charge in [-0.15, -0.1) is 0 Å². The molecule has 2 rings (SSSR count). The number of benzene rings is 1. The molecule has 0 amide bonds. The second-order valence-corrected chi connectivity index (χ2v) is 4.29. The van der Waals surface area contributed by atoms with Crippen LogP contribution in [0.1, 0.15) is 19.4 Å². The third-order valence-electron chi connectivity index (χ3n) is 2.87. The van der Waals surface area contributed by atoms with E-state index in [2.05, 4.69) is 4.98 Å². The van der Waals surface area contributed by atoms with E-state index in [0.717, 1.165) is 0 Å². The fourth-order valence-corrected chi connectivity index (χ4v) is 1.75. The Labute approximate surface area is 91.9 Å². The molecular formula is C12H12FNO2. The molecule has 0 bridgehead atoms. The molecule has 2 aromatic rings. The molecule has 1 aromatic carbocycles. The minimum absolute atomic E-state index is 0.354. The van der Waals surface area contributed by atoms with Crippen LogP contribution < -0.4 is 0 Å². The Morgan fingerprint density at radius 1 is 1.44 bits per heavy atom. The van der Waals surface area contributed by atoms with Crippen molar-refractivity contribution in [3.63, 3.8) is 0 Å². The van der Waals surface area contributed by atoms with Gasteiger partial charge >= 0.3 is 5.97 Å². The van der Waals surface area contributed by atoms with E-state index in [-0.39, 0.29) is 5.82 Å². The molecule has 84 valence electrons. The Morgan fingerprint density at radius 3 is 2.75 bits per heavy atom. The number of rotatable bonds is 2. The number of halogens is 1. The van der Waals surface area contributed by atoms with Crippen LogP contribution in [0.2, 0.25) is 0 Å². The number of aromatic nitrogens is 1. The van der Waals surface area contributed by atoms with Gasteiger partial charge in [0.25, 0.3) is 0 Å². The zero-order valence-electron chi connectivity index (χ0n) is 9.04. The van der Waals surface area contributed by atoms with Crippen LogP contribution in [0.15, 0.2) is 24.4 Å². The largest absolute Gasteiger partial charge is 0.481 e. The van der Waals surface area contributed by atoms with Crippen molar-refractivity contribution in [3.05, 3.63) is 35.8 Å². The molecule has 2 N–H and O–H groups in total. The predicted molar refractivity (Wildman–Crippen MR) is 58.9 cm³/mol. The molecule has 16 heavy (non-hydrogen) atoms. The first kappa shape index (κ1) is 10.7. The summed E-state index contributed by atoms with van der Waals surface area (Å²) in [7, 11) is 0. The molecule has 1 heterocycles. The molecular weight excluding hydrogens is 209 g/mol. The maximum Gasteiger partial charge on any atom is 0.313 e. The highest BCUT2D eigenvalue weighted by Gasteiger charge is 2.32. The molecule has 0 fully saturated rings. The van der Waals surface area contributed by atoms with E-state index in [0.29, 0.717) is 16.5 Å². The number of carboxylic acids is 1. The van der Waals surface area contributed by atoms with Gasteiger partial charge in [0.2, 0.25) is 0 Å². The highest BCUT2D eigenvalue weighted by atomic mass is 19.1. The molecule has 0 spiro atoms. The van der Waals surface area contributed by atoms with Crippen LogP contribution in [0.25, 0.3) is 10.9 Å². The number of carboxylic acid groups (broad SMARTS) is 1. The number of hydrogen-bond donors (Lipinski definition) is 2. The number of para-hydroxylation sites is 1. The van der Waals surface area contributed by atoms with Crippen LogP contribution in [0.3, 0.4) is 0 Å². The number of carbonyl (C=O) groups is 1. The lowest BCUT2D eigenvalue weighted by molar-refractivity contribution is -0.142. The van der Waals surface area contributed by atoms with E-state index in [1.807, 2.05) is 0 Å². The quantitative estimate of drug-likeness (QED) is 0.819. The van der Waals surface area contributed by atoms with Crippen LogP contribution in [0, 0.1) is 5.82 Å². The number of fused-ring (bicyclic) bond motifs is 1. The molecule has 0 aliphatic rings. The molecule has 0 saturated heterocycles. The Balaban J connectivity index is 2.72. The average molecular weight is 221 g/mol. The fourth-order valence-electron chi connectivity index (χ4n) is 1.75. The first-order valence-electron chi connectivity index (χ1n) is 4.94. The Hall–Kier alpha value is -1.84. The fraction of sp³-hybridized carbons (Fsp3) is 0.250. The lowest BCUT2D eigenvalue weighted by Gasteiger charge is -2.18. The van der Waals surface area contributed by atoms with Crippen molar-refractivity contribution in [2.45, 2.75) is 19.3 Å². The van der Waals surface area contributed by atoms with Gasteiger partial charge in [-0.05, 0) is 25.5 Å². The van der Waals surface area contributed by atoms with Crippen molar-refractivity contribution in [1.29, 1.82) is 0 Å². The van der Waals surface area contributed by atoms with Gasteiger partial charge in [-0.25, -0.2) is 4.39 Å². The van der Waals surface area contributed by atoms with Gasteiger partial charge in [0, 0.05) is 11.6 Å². The van der Waals surface area contributed by atoms with Crippen LogP contribution in [-0.4, -0.2) is 16.1 Å². The van der Waals surface area contributed by atoms with E-state index in [1.54, 1.807) is 32.2 Å². The molecule has 0 radical (unpaired) electrons. The molecule has 1 aromatic heterocycles. The van der Waals surface area contributed by atoms with Crippen LogP contribution >= 0.6 is 0 Å². The lowest BCUT2D eigenvalue weighted by Crippen LogP contribution is -2.28. The first-order chi connectivity index (χ1) is 7.44. The van der Waals surface area contributed by atoms with E-state index < -0.39 is 11.4 Å². The standard InChI is InChI=1S/C12H12FNO2/c1-12(2,11(15)16)8-6-14-10-7(8)4-3-5-9(10)13/h3-6,14H,1-2H3,(H,15,16). The lowest BCUT2D eigenvalue weighted by atomic mass is 9.84. The highest BCUT2D eigenvalue weighted by molar-refractivity contribution is 5.91. The van der Waals surface area contributed by atoms with E-state index in [9.17, 15) is 9.18 Å². The summed E-state index contributed by atoms with van der Waals surface area (Å²) in [5.74, 6) is -1.30. The SMILES string of the molecule is CC(C)(C(=O)O)c1c[nH]c2c(F)cccc12. The summed E-state index contributed by atoms with van der Waals surface area (Å²) < 4.78 is 13.4. The van der Waals surface area contributed by atoms with Crippen LogP contribution in [0.4, 0.5) is 4.39 Å². The summed E-state index contributed by atoms with van der Waals surface area (Å²) in [6.07, 6.45) is 1.56. The third kappa shape index (κ3) is 1.38. The molecule has 4 heteroatoms. The minimum atomic E-state index is -1.04. The summed E-state index contributed by atoms with van der Waals surface area (Å²) in [5.41, 5.74) is -0.0900. The summed E-state index contributed by atoms with van der Waals surface area (Å²) >= 11 is 0. The molecule has 0 saturated carbocycles. The zero-order chi connectivity index (χ0) is 11.9. The van der Waals surface area contributed by atoms with Gasteiger partial charge in [0.05, 0.1) is 10.9 Å². The van der Waals surface area contributed by atoms with Crippen molar-refractivity contribution < 1.29 is 14.3 Å². The maximum absolute atomic E-state index is 13.4. The van der Waals surface area contributed by atoms with Crippen molar-refractivity contribution in [2.24, 2.45) is 0 Å². The second-order valence-electron chi connectivity index (χ2n) is 4.29. The van der Waals surface area contributed by atoms with Crippen LogP contribution in [0.5, 0.6) is 0 Å². The smallest absolute Gasteiger partial charge is 0.313 e. The van der Waals surface area contributed by atoms with E-state index >= 15 is 0 Å². The van der Waals surface area contributed by atoms with Crippen molar-refractivity contribution in [2.75, 3.05) is 0 Å². The van der Waals surface area contributed by atoms with Gasteiger partial charge in [-0.3, -0.25) is 4.79 Å². The Morgan fingerprint density at radius 2 is 2.12 bits per heavy atom. The maximum atomic E-state index is 13.4. The minimum Gasteiger partial charge on any atom is -0.481 e. The highest BCUT2D eigenvalue weighted by Crippen LogP contribution is 2.31. The Kier molecular flexibility index (Phi) is 2.22. The summed E-state index contributed by atoms with van der Waals surface area (Å²) in [6.45, 7) is 3.20. The summed E-state index contributed by atoms with van der Waals surface area (Å²) in [5, 5.41) is 9.75. The summed E-state index contributed by atoms with van der Waals surface area (Å²) in [4.78, 5) is 13.9. The molecule has 0 aliphatic carbocycles. The van der Waals surface area contributed by atoms with Gasteiger partial charge in [0.15, 0.2) is 0 Å². The molecule has 3 nitrogen and oxygen atoms in total.